The molecule has 0 radical (unpaired) electrons. The van der Waals surface area contributed by atoms with Crippen LogP contribution in [0.15, 0.2) is 12.3 Å². The summed E-state index contributed by atoms with van der Waals surface area (Å²) < 4.78 is 0. The van der Waals surface area contributed by atoms with Crippen LogP contribution in [0, 0.1) is 12.8 Å². The second kappa shape index (κ2) is 5.20. The third-order valence-corrected chi connectivity index (χ3v) is 3.81. The van der Waals surface area contributed by atoms with Crippen LogP contribution in [0.4, 0.5) is 5.82 Å². The van der Waals surface area contributed by atoms with Crippen molar-refractivity contribution >= 4 is 23.0 Å². The Balaban J connectivity index is 2.34. The molecule has 2 heterocycles. The van der Waals surface area contributed by atoms with Crippen molar-refractivity contribution in [2.45, 2.75) is 26.4 Å². The van der Waals surface area contributed by atoms with E-state index in [9.17, 15) is 5.11 Å². The molecule has 1 aliphatic heterocycles. The fraction of sp³-hybridized carbons (Fsp3) is 0.538. The second-order valence-corrected chi connectivity index (χ2v) is 5.41. The minimum Gasteiger partial charge on any atom is -0.391 e. The standard InChI is InChI=1S/C13H19N3OS/c1-8-4-6-16(7-10(8)17)13-11(12(14)18)9(2)3-5-15-13/h3,5,8,10,17H,4,6-7H2,1-2H3,(H2,14,18). The first-order chi connectivity index (χ1) is 8.50. The maximum atomic E-state index is 9.97. The second-order valence-electron chi connectivity index (χ2n) is 4.97. The number of nitrogens with two attached hydrogens (primary N) is 1. The number of aryl methyl sites for hydroxylation is 1. The van der Waals surface area contributed by atoms with Crippen LogP contribution in [0.1, 0.15) is 24.5 Å². The van der Waals surface area contributed by atoms with E-state index in [1.54, 1.807) is 6.20 Å². The van der Waals surface area contributed by atoms with Gasteiger partial charge in [0, 0.05) is 19.3 Å². The lowest BCUT2D eigenvalue weighted by Crippen LogP contribution is -2.44. The molecule has 0 bridgehead atoms. The smallest absolute Gasteiger partial charge is 0.139 e. The van der Waals surface area contributed by atoms with Crippen molar-refractivity contribution in [1.29, 1.82) is 0 Å². The summed E-state index contributed by atoms with van der Waals surface area (Å²) >= 11 is 5.11. The average Bonchev–Trinajstić information content (AvgIpc) is 2.32. The van der Waals surface area contributed by atoms with Crippen molar-refractivity contribution in [3.05, 3.63) is 23.4 Å². The number of anilines is 1. The van der Waals surface area contributed by atoms with Gasteiger partial charge in [0.1, 0.15) is 10.8 Å². The lowest BCUT2D eigenvalue weighted by atomic mass is 9.95. The number of β-amino-alcohol motifs (C(OH)–C–C–N with tert-alkyl or cyclic N) is 1. The van der Waals surface area contributed by atoms with E-state index < -0.39 is 0 Å². The molecule has 4 nitrogen and oxygen atoms in total. The normalized spacial score (nSPS) is 24.1. The summed E-state index contributed by atoms with van der Waals surface area (Å²) in [7, 11) is 0. The van der Waals surface area contributed by atoms with Crippen molar-refractivity contribution in [3.63, 3.8) is 0 Å². The van der Waals surface area contributed by atoms with Gasteiger partial charge in [-0.1, -0.05) is 19.1 Å². The Bertz CT molecular complexity index is 464. The van der Waals surface area contributed by atoms with Crippen LogP contribution < -0.4 is 10.6 Å². The van der Waals surface area contributed by atoms with Crippen LogP contribution in [0.3, 0.4) is 0 Å². The van der Waals surface area contributed by atoms with Crippen molar-refractivity contribution in [3.8, 4) is 0 Å². The maximum absolute atomic E-state index is 9.97. The van der Waals surface area contributed by atoms with Gasteiger partial charge in [-0.3, -0.25) is 0 Å². The Morgan fingerprint density at radius 1 is 1.61 bits per heavy atom. The zero-order chi connectivity index (χ0) is 13.3. The molecule has 1 aromatic rings. The van der Waals surface area contributed by atoms with E-state index in [0.717, 1.165) is 29.9 Å². The third kappa shape index (κ3) is 2.47. The first-order valence-electron chi connectivity index (χ1n) is 6.19. The van der Waals surface area contributed by atoms with Gasteiger partial charge in [-0.15, -0.1) is 0 Å². The van der Waals surface area contributed by atoms with Crippen LogP contribution in [0.25, 0.3) is 0 Å². The SMILES string of the molecule is Cc1ccnc(N2CCC(C)C(O)C2)c1C(N)=S. The molecule has 5 heteroatoms. The van der Waals surface area contributed by atoms with Crippen LogP contribution in [0.2, 0.25) is 0 Å². The molecule has 0 aliphatic carbocycles. The Hall–Kier alpha value is -1.20. The predicted molar refractivity (Wildman–Crippen MR) is 76.9 cm³/mol. The fourth-order valence-corrected chi connectivity index (χ4v) is 2.58. The molecular formula is C13H19N3OS. The number of thiocarbonyl (C=S) groups is 1. The van der Waals surface area contributed by atoms with Gasteiger partial charge in [0.2, 0.25) is 0 Å². The molecule has 3 N–H and O–H groups in total. The third-order valence-electron chi connectivity index (χ3n) is 3.60. The number of aliphatic hydroxyl groups excluding tert-OH is 1. The molecule has 2 unspecified atom stereocenters. The number of hydrogen-bond acceptors (Lipinski definition) is 4. The van der Waals surface area contributed by atoms with Crippen molar-refractivity contribution in [1.82, 2.24) is 4.98 Å². The molecule has 1 saturated heterocycles. The monoisotopic (exact) mass is 265 g/mol. The average molecular weight is 265 g/mol. The van der Waals surface area contributed by atoms with E-state index >= 15 is 0 Å². The summed E-state index contributed by atoms with van der Waals surface area (Å²) in [6.07, 6.45) is 2.39. The van der Waals surface area contributed by atoms with Crippen LogP contribution in [0.5, 0.6) is 0 Å². The number of pyridine rings is 1. The van der Waals surface area contributed by atoms with Gasteiger partial charge in [-0.05, 0) is 30.9 Å². The maximum Gasteiger partial charge on any atom is 0.139 e. The quantitative estimate of drug-likeness (QED) is 0.788. The highest BCUT2D eigenvalue weighted by atomic mass is 32.1. The van der Waals surface area contributed by atoms with Gasteiger partial charge >= 0.3 is 0 Å². The summed E-state index contributed by atoms with van der Waals surface area (Å²) in [5, 5.41) is 9.97. The highest BCUT2D eigenvalue weighted by Crippen LogP contribution is 2.26. The zero-order valence-corrected chi connectivity index (χ0v) is 11.6. The van der Waals surface area contributed by atoms with E-state index in [-0.39, 0.29) is 6.10 Å². The number of aliphatic hydroxyl groups is 1. The first kappa shape index (κ1) is 13.2. The molecule has 1 aliphatic rings. The summed E-state index contributed by atoms with van der Waals surface area (Å²) in [4.78, 5) is 6.83. The highest BCUT2D eigenvalue weighted by molar-refractivity contribution is 7.80. The molecule has 0 saturated carbocycles. The number of rotatable bonds is 2. The Morgan fingerprint density at radius 2 is 2.33 bits per heavy atom. The van der Waals surface area contributed by atoms with Crippen molar-refractivity contribution < 1.29 is 5.11 Å². The topological polar surface area (TPSA) is 62.4 Å². The molecule has 0 amide bonds. The highest BCUT2D eigenvalue weighted by Gasteiger charge is 2.27. The molecule has 1 fully saturated rings. The minimum atomic E-state index is -0.319. The Morgan fingerprint density at radius 3 is 2.94 bits per heavy atom. The van der Waals surface area contributed by atoms with E-state index in [2.05, 4.69) is 16.8 Å². The molecule has 18 heavy (non-hydrogen) atoms. The van der Waals surface area contributed by atoms with E-state index in [0.29, 0.717) is 17.5 Å². The van der Waals surface area contributed by atoms with Crippen molar-refractivity contribution in [2.24, 2.45) is 11.7 Å². The molecule has 0 spiro atoms. The van der Waals surface area contributed by atoms with Gasteiger partial charge in [-0.2, -0.15) is 0 Å². The van der Waals surface area contributed by atoms with Crippen LogP contribution in [-0.2, 0) is 0 Å². The van der Waals surface area contributed by atoms with Crippen LogP contribution >= 0.6 is 12.2 Å². The zero-order valence-electron chi connectivity index (χ0n) is 10.8. The van der Waals surface area contributed by atoms with Gasteiger partial charge in [0.05, 0.1) is 11.7 Å². The first-order valence-corrected chi connectivity index (χ1v) is 6.60. The molecule has 1 aromatic heterocycles. The molecule has 0 aromatic carbocycles. The summed E-state index contributed by atoms with van der Waals surface area (Å²) in [6, 6.07) is 1.90. The summed E-state index contributed by atoms with van der Waals surface area (Å²) in [5.41, 5.74) is 7.64. The van der Waals surface area contributed by atoms with Crippen LogP contribution in [-0.4, -0.2) is 34.3 Å². The lowest BCUT2D eigenvalue weighted by Gasteiger charge is -2.36. The fourth-order valence-electron chi connectivity index (χ4n) is 2.33. The van der Waals surface area contributed by atoms with E-state index in [1.807, 2.05) is 13.0 Å². The largest absolute Gasteiger partial charge is 0.391 e. The van der Waals surface area contributed by atoms with E-state index in [1.165, 1.54) is 0 Å². The molecule has 98 valence electrons. The predicted octanol–water partition coefficient (Wildman–Crippen LogP) is 1.23. The number of piperidine rings is 1. The Labute approximate surface area is 113 Å². The molecule has 2 rings (SSSR count). The number of aromatic nitrogens is 1. The van der Waals surface area contributed by atoms with Gasteiger partial charge < -0.3 is 15.7 Å². The van der Waals surface area contributed by atoms with Gasteiger partial charge in [0.15, 0.2) is 0 Å². The van der Waals surface area contributed by atoms with Gasteiger partial charge in [0.25, 0.3) is 0 Å². The Kier molecular flexibility index (Phi) is 3.82. The van der Waals surface area contributed by atoms with Gasteiger partial charge in [-0.25, -0.2) is 4.98 Å². The molecular weight excluding hydrogens is 246 g/mol. The van der Waals surface area contributed by atoms with E-state index in [4.69, 9.17) is 18.0 Å². The number of hydrogen-bond donors (Lipinski definition) is 2. The number of nitrogens with zero attached hydrogens (tertiary/aromatic N) is 2. The summed E-state index contributed by atoms with van der Waals surface area (Å²) in [6.45, 7) is 5.51. The molecule has 2 atom stereocenters. The minimum absolute atomic E-state index is 0.319. The summed E-state index contributed by atoms with van der Waals surface area (Å²) in [5.74, 6) is 1.13. The van der Waals surface area contributed by atoms with Crippen molar-refractivity contribution in [2.75, 3.05) is 18.0 Å². The lowest BCUT2D eigenvalue weighted by molar-refractivity contribution is 0.102.